The molecule has 12 heavy (non-hydrogen) atoms. The lowest BCUT2D eigenvalue weighted by molar-refractivity contribution is -0.141. The van der Waals surface area contributed by atoms with Gasteiger partial charge in [0, 0.05) is 12.1 Å². The van der Waals surface area contributed by atoms with E-state index in [1.165, 1.54) is 7.11 Å². The quantitative estimate of drug-likeness (QED) is 0.573. The molecule has 0 unspecified atom stereocenters. The molecule has 2 N–H and O–H groups in total. The highest BCUT2D eigenvalue weighted by atomic mass is 16.5. The first kappa shape index (κ1) is 9.48. The maximum absolute atomic E-state index is 10.8. The van der Waals surface area contributed by atoms with Gasteiger partial charge in [-0.05, 0) is 12.8 Å². The molecule has 1 aliphatic heterocycles. The standard InChI is InChI=1S/C8H15NO3/c1-12-8(11)4-6-2-3-7(5-10)9-6/h6-7,9-10H,2-5H2,1H3/t6-,7-/m1/s1. The van der Waals surface area contributed by atoms with Gasteiger partial charge >= 0.3 is 5.97 Å². The Balaban J connectivity index is 2.23. The van der Waals surface area contributed by atoms with Gasteiger partial charge in [0.1, 0.15) is 0 Å². The first-order chi connectivity index (χ1) is 5.76. The van der Waals surface area contributed by atoms with Crippen molar-refractivity contribution in [3.8, 4) is 0 Å². The number of nitrogens with one attached hydrogen (secondary N) is 1. The van der Waals surface area contributed by atoms with Crippen LogP contribution in [-0.2, 0) is 9.53 Å². The Morgan fingerprint density at radius 1 is 1.58 bits per heavy atom. The van der Waals surface area contributed by atoms with Crippen LogP contribution in [0.1, 0.15) is 19.3 Å². The van der Waals surface area contributed by atoms with Crippen LogP contribution in [-0.4, -0.2) is 36.9 Å². The molecule has 0 aromatic heterocycles. The number of rotatable bonds is 3. The summed E-state index contributed by atoms with van der Waals surface area (Å²) in [6, 6.07) is 0.356. The van der Waals surface area contributed by atoms with E-state index >= 15 is 0 Å². The zero-order chi connectivity index (χ0) is 8.97. The van der Waals surface area contributed by atoms with Gasteiger partial charge in [-0.1, -0.05) is 0 Å². The van der Waals surface area contributed by atoms with Crippen molar-refractivity contribution in [2.75, 3.05) is 13.7 Å². The van der Waals surface area contributed by atoms with Crippen LogP contribution in [0.15, 0.2) is 0 Å². The molecule has 1 aliphatic rings. The van der Waals surface area contributed by atoms with E-state index in [0.717, 1.165) is 12.8 Å². The van der Waals surface area contributed by atoms with Crippen molar-refractivity contribution in [3.63, 3.8) is 0 Å². The summed E-state index contributed by atoms with van der Waals surface area (Å²) in [4.78, 5) is 10.8. The molecular formula is C8H15NO3. The smallest absolute Gasteiger partial charge is 0.307 e. The number of methoxy groups -OCH3 is 1. The molecule has 4 nitrogen and oxygen atoms in total. The summed E-state index contributed by atoms with van der Waals surface area (Å²) < 4.78 is 4.54. The van der Waals surface area contributed by atoms with E-state index < -0.39 is 0 Å². The SMILES string of the molecule is COC(=O)C[C@H]1CC[C@H](CO)N1. The second-order valence-corrected chi connectivity index (χ2v) is 3.10. The molecule has 0 aromatic carbocycles. The van der Waals surface area contributed by atoms with Gasteiger partial charge in [0.15, 0.2) is 0 Å². The van der Waals surface area contributed by atoms with E-state index in [1.807, 2.05) is 0 Å². The number of aliphatic hydroxyl groups excluding tert-OH is 1. The van der Waals surface area contributed by atoms with E-state index in [2.05, 4.69) is 10.1 Å². The minimum absolute atomic E-state index is 0.150. The second-order valence-electron chi connectivity index (χ2n) is 3.10. The third-order valence-corrected chi connectivity index (χ3v) is 2.20. The zero-order valence-corrected chi connectivity index (χ0v) is 7.25. The third kappa shape index (κ3) is 2.46. The largest absolute Gasteiger partial charge is 0.469 e. The van der Waals surface area contributed by atoms with Crippen molar-refractivity contribution < 1.29 is 14.6 Å². The summed E-state index contributed by atoms with van der Waals surface area (Å²) in [7, 11) is 1.39. The van der Waals surface area contributed by atoms with Gasteiger partial charge in [0.05, 0.1) is 20.1 Å². The molecule has 0 aromatic rings. The fraction of sp³-hybridized carbons (Fsp3) is 0.875. The predicted molar refractivity (Wildman–Crippen MR) is 43.7 cm³/mol. The fourth-order valence-electron chi connectivity index (χ4n) is 1.49. The predicted octanol–water partition coefficient (Wildman–Crippen LogP) is -0.338. The first-order valence-corrected chi connectivity index (χ1v) is 4.20. The lowest BCUT2D eigenvalue weighted by atomic mass is 10.1. The molecule has 0 radical (unpaired) electrons. The van der Waals surface area contributed by atoms with E-state index in [4.69, 9.17) is 5.11 Å². The van der Waals surface area contributed by atoms with Gasteiger partial charge in [-0.15, -0.1) is 0 Å². The van der Waals surface area contributed by atoms with Crippen LogP contribution in [0, 0.1) is 0 Å². The number of aliphatic hydroxyl groups is 1. The Morgan fingerprint density at radius 2 is 2.25 bits per heavy atom. The maximum atomic E-state index is 10.8. The van der Waals surface area contributed by atoms with Crippen LogP contribution < -0.4 is 5.32 Å². The lowest BCUT2D eigenvalue weighted by Gasteiger charge is -2.10. The highest BCUT2D eigenvalue weighted by Gasteiger charge is 2.24. The summed E-state index contributed by atoms with van der Waals surface area (Å²) in [5.74, 6) is -0.189. The van der Waals surface area contributed by atoms with Crippen LogP contribution in [0.5, 0.6) is 0 Å². The van der Waals surface area contributed by atoms with Crippen molar-refractivity contribution in [1.29, 1.82) is 0 Å². The average Bonchev–Trinajstić information content (AvgIpc) is 2.52. The number of ether oxygens (including phenoxy) is 1. The number of hydrogen-bond acceptors (Lipinski definition) is 4. The van der Waals surface area contributed by atoms with Crippen LogP contribution >= 0.6 is 0 Å². The highest BCUT2D eigenvalue weighted by molar-refractivity contribution is 5.69. The monoisotopic (exact) mass is 173 g/mol. The third-order valence-electron chi connectivity index (χ3n) is 2.20. The van der Waals surface area contributed by atoms with Gasteiger partial charge in [-0.25, -0.2) is 0 Å². The molecule has 0 amide bonds. The summed E-state index contributed by atoms with van der Waals surface area (Å²) in [6.07, 6.45) is 2.30. The van der Waals surface area contributed by atoms with Crippen LogP contribution in [0.4, 0.5) is 0 Å². The van der Waals surface area contributed by atoms with E-state index in [0.29, 0.717) is 6.42 Å². The van der Waals surface area contributed by atoms with E-state index in [9.17, 15) is 4.79 Å². The Bertz CT molecular complexity index is 160. The average molecular weight is 173 g/mol. The summed E-state index contributed by atoms with van der Waals surface area (Å²) in [5, 5.41) is 12.0. The maximum Gasteiger partial charge on any atom is 0.307 e. The van der Waals surface area contributed by atoms with Crippen molar-refractivity contribution in [3.05, 3.63) is 0 Å². The molecule has 0 saturated carbocycles. The number of carbonyl (C=O) groups is 1. The zero-order valence-electron chi connectivity index (χ0n) is 7.25. The summed E-state index contributed by atoms with van der Waals surface area (Å²) in [6.45, 7) is 0.150. The van der Waals surface area contributed by atoms with Crippen molar-refractivity contribution in [2.24, 2.45) is 0 Å². The van der Waals surface area contributed by atoms with Gasteiger partial charge in [0.25, 0.3) is 0 Å². The molecular weight excluding hydrogens is 158 g/mol. The fourth-order valence-corrected chi connectivity index (χ4v) is 1.49. The molecule has 0 bridgehead atoms. The van der Waals surface area contributed by atoms with Crippen molar-refractivity contribution in [1.82, 2.24) is 5.32 Å². The molecule has 1 heterocycles. The van der Waals surface area contributed by atoms with Gasteiger partial charge in [0.2, 0.25) is 0 Å². The Hall–Kier alpha value is -0.610. The molecule has 1 saturated heterocycles. The van der Waals surface area contributed by atoms with Crippen molar-refractivity contribution >= 4 is 5.97 Å². The molecule has 70 valence electrons. The first-order valence-electron chi connectivity index (χ1n) is 4.20. The van der Waals surface area contributed by atoms with Gasteiger partial charge in [-0.3, -0.25) is 4.79 Å². The van der Waals surface area contributed by atoms with Crippen LogP contribution in [0.3, 0.4) is 0 Å². The minimum Gasteiger partial charge on any atom is -0.469 e. The van der Waals surface area contributed by atoms with E-state index in [1.54, 1.807) is 0 Å². The van der Waals surface area contributed by atoms with Crippen molar-refractivity contribution in [2.45, 2.75) is 31.3 Å². The van der Waals surface area contributed by atoms with Gasteiger partial charge in [-0.2, -0.15) is 0 Å². The van der Waals surface area contributed by atoms with Crippen LogP contribution in [0.25, 0.3) is 0 Å². The normalized spacial score (nSPS) is 28.8. The summed E-state index contributed by atoms with van der Waals surface area (Å²) >= 11 is 0. The molecule has 1 rings (SSSR count). The number of carbonyl (C=O) groups excluding carboxylic acids is 1. The number of hydrogen-bond donors (Lipinski definition) is 2. The molecule has 2 atom stereocenters. The summed E-state index contributed by atoms with van der Waals surface area (Å²) in [5.41, 5.74) is 0. The lowest BCUT2D eigenvalue weighted by Crippen LogP contribution is -2.33. The topological polar surface area (TPSA) is 58.6 Å². The Kier molecular flexibility index (Phi) is 3.49. The molecule has 0 aliphatic carbocycles. The minimum atomic E-state index is -0.189. The molecule has 0 spiro atoms. The second kappa shape index (κ2) is 4.42. The Morgan fingerprint density at radius 3 is 2.75 bits per heavy atom. The van der Waals surface area contributed by atoms with Gasteiger partial charge < -0.3 is 15.2 Å². The molecule has 4 heteroatoms. The number of esters is 1. The van der Waals surface area contributed by atoms with Crippen LogP contribution in [0.2, 0.25) is 0 Å². The van der Waals surface area contributed by atoms with E-state index in [-0.39, 0.29) is 24.7 Å². The Labute approximate surface area is 71.9 Å². The molecule has 1 fully saturated rings. The highest BCUT2D eigenvalue weighted by Crippen LogP contribution is 2.14.